The van der Waals surface area contributed by atoms with E-state index in [-0.39, 0.29) is 56.3 Å². The van der Waals surface area contributed by atoms with Crippen LogP contribution in [0.3, 0.4) is 0 Å². The third kappa shape index (κ3) is 4.84. The number of rotatable bonds is 6. The van der Waals surface area contributed by atoms with Gasteiger partial charge >= 0.3 is 11.9 Å². The molecule has 0 amide bonds. The average molecular weight is 326 g/mol. The highest BCUT2D eigenvalue weighted by Crippen LogP contribution is 2.28. The first-order chi connectivity index (χ1) is 10.9. The lowest BCUT2D eigenvalue weighted by molar-refractivity contribution is -0.146. The number of hydrogen-bond acceptors (Lipinski definition) is 6. The summed E-state index contributed by atoms with van der Waals surface area (Å²) in [5, 5.41) is 18.1. The number of ketones is 2. The lowest BCUT2D eigenvalue weighted by atomic mass is 9.86. The number of carbonyl (C=O) groups excluding carboxylic acids is 2. The molecular formula is C15H22N2O6. The fourth-order valence-electron chi connectivity index (χ4n) is 3.66. The van der Waals surface area contributed by atoms with Crippen LogP contribution < -0.4 is 0 Å². The molecule has 0 aromatic rings. The Labute approximate surface area is 134 Å². The van der Waals surface area contributed by atoms with Crippen molar-refractivity contribution in [2.24, 2.45) is 0 Å². The molecular weight excluding hydrogens is 304 g/mol. The molecule has 2 N–H and O–H groups in total. The SMILES string of the molecule is O=C(O)CN(CC(=O)O)C1CCCCC1N1CC(=O)CC(=O)C1. The molecule has 1 aliphatic carbocycles. The van der Waals surface area contributed by atoms with Gasteiger partial charge in [0.15, 0.2) is 11.6 Å². The summed E-state index contributed by atoms with van der Waals surface area (Å²) < 4.78 is 0. The minimum atomic E-state index is -1.08. The molecule has 0 spiro atoms. The van der Waals surface area contributed by atoms with Gasteiger partial charge in [0.25, 0.3) is 0 Å². The second-order valence-corrected chi connectivity index (χ2v) is 6.27. The standard InChI is InChI=1S/C15H22N2O6/c18-10-5-11(19)7-16(6-10)12-3-1-2-4-13(12)17(8-14(20)21)9-15(22)23/h12-13H,1-9H2,(H,20,21)(H,22,23). The topological polar surface area (TPSA) is 115 Å². The number of hydrogen-bond donors (Lipinski definition) is 2. The summed E-state index contributed by atoms with van der Waals surface area (Å²) in [6.45, 7) is -0.353. The van der Waals surface area contributed by atoms with Crippen molar-refractivity contribution in [3.05, 3.63) is 0 Å². The van der Waals surface area contributed by atoms with Crippen LogP contribution in [0, 0.1) is 0 Å². The fourth-order valence-corrected chi connectivity index (χ4v) is 3.66. The van der Waals surface area contributed by atoms with E-state index >= 15 is 0 Å². The quantitative estimate of drug-likeness (QED) is 0.634. The lowest BCUT2D eigenvalue weighted by Gasteiger charge is -2.44. The van der Waals surface area contributed by atoms with Gasteiger partial charge in [-0.3, -0.25) is 29.0 Å². The van der Waals surface area contributed by atoms with Gasteiger partial charge in [-0.25, -0.2) is 0 Å². The molecule has 1 saturated carbocycles. The number of aliphatic carboxylic acids is 2. The maximum absolute atomic E-state index is 11.7. The molecule has 23 heavy (non-hydrogen) atoms. The van der Waals surface area contributed by atoms with Gasteiger partial charge in [-0.05, 0) is 12.8 Å². The zero-order chi connectivity index (χ0) is 17.0. The molecule has 2 unspecified atom stereocenters. The summed E-state index contributed by atoms with van der Waals surface area (Å²) >= 11 is 0. The molecule has 2 aliphatic rings. The molecule has 0 bridgehead atoms. The van der Waals surface area contributed by atoms with E-state index in [1.807, 2.05) is 0 Å². The minimum Gasteiger partial charge on any atom is -0.480 e. The van der Waals surface area contributed by atoms with Gasteiger partial charge in [0.2, 0.25) is 0 Å². The van der Waals surface area contributed by atoms with Crippen molar-refractivity contribution in [1.29, 1.82) is 0 Å². The largest absolute Gasteiger partial charge is 0.480 e. The highest BCUT2D eigenvalue weighted by molar-refractivity contribution is 6.03. The van der Waals surface area contributed by atoms with Crippen molar-refractivity contribution in [2.75, 3.05) is 26.2 Å². The molecule has 0 radical (unpaired) electrons. The van der Waals surface area contributed by atoms with Gasteiger partial charge in [0, 0.05) is 12.1 Å². The molecule has 1 aliphatic heterocycles. The fraction of sp³-hybridized carbons (Fsp3) is 0.733. The van der Waals surface area contributed by atoms with Crippen LogP contribution in [0.25, 0.3) is 0 Å². The summed E-state index contributed by atoms with van der Waals surface area (Å²) in [5.41, 5.74) is 0. The zero-order valence-electron chi connectivity index (χ0n) is 12.9. The molecule has 2 fully saturated rings. The van der Waals surface area contributed by atoms with Crippen LogP contribution in [0.4, 0.5) is 0 Å². The van der Waals surface area contributed by atoms with Crippen LogP contribution in [0.1, 0.15) is 32.1 Å². The van der Waals surface area contributed by atoms with Crippen molar-refractivity contribution in [3.8, 4) is 0 Å². The van der Waals surface area contributed by atoms with E-state index in [1.54, 1.807) is 4.90 Å². The molecule has 1 saturated heterocycles. The van der Waals surface area contributed by atoms with E-state index in [0.29, 0.717) is 6.42 Å². The highest BCUT2D eigenvalue weighted by Gasteiger charge is 2.38. The van der Waals surface area contributed by atoms with E-state index in [1.165, 1.54) is 4.90 Å². The van der Waals surface area contributed by atoms with Crippen LogP contribution >= 0.6 is 0 Å². The summed E-state index contributed by atoms with van der Waals surface area (Å²) in [5.74, 6) is -2.43. The van der Waals surface area contributed by atoms with Crippen LogP contribution in [0.5, 0.6) is 0 Å². The summed E-state index contributed by atoms with van der Waals surface area (Å²) in [4.78, 5) is 48.8. The third-order valence-electron chi connectivity index (χ3n) is 4.46. The summed E-state index contributed by atoms with van der Waals surface area (Å²) in [7, 11) is 0. The Hall–Kier alpha value is -1.80. The maximum atomic E-state index is 11.7. The second kappa shape index (κ2) is 7.65. The van der Waals surface area contributed by atoms with Crippen molar-refractivity contribution in [2.45, 2.75) is 44.2 Å². The van der Waals surface area contributed by atoms with Gasteiger partial charge in [-0.2, -0.15) is 0 Å². The normalized spacial score (nSPS) is 26.5. The molecule has 0 aromatic carbocycles. The Bertz CT molecular complexity index is 474. The van der Waals surface area contributed by atoms with Gasteiger partial charge in [-0.1, -0.05) is 12.8 Å². The van der Waals surface area contributed by atoms with Gasteiger partial charge in [0.1, 0.15) is 0 Å². The third-order valence-corrected chi connectivity index (χ3v) is 4.46. The summed E-state index contributed by atoms with van der Waals surface area (Å²) in [6, 6.07) is -0.426. The molecule has 2 rings (SSSR count). The highest BCUT2D eigenvalue weighted by atomic mass is 16.4. The van der Waals surface area contributed by atoms with Crippen LogP contribution in [-0.4, -0.2) is 81.8 Å². The van der Waals surface area contributed by atoms with Crippen LogP contribution in [0.2, 0.25) is 0 Å². The number of Topliss-reactive ketones (excluding diaryl/α,β-unsaturated/α-hetero) is 2. The van der Waals surface area contributed by atoms with Gasteiger partial charge < -0.3 is 10.2 Å². The monoisotopic (exact) mass is 326 g/mol. The van der Waals surface area contributed by atoms with Gasteiger partial charge in [0.05, 0.1) is 32.6 Å². The predicted octanol–water partition coefficient (Wildman–Crippen LogP) is -0.387. The molecule has 0 aromatic heterocycles. The van der Waals surface area contributed by atoms with Gasteiger partial charge in [-0.15, -0.1) is 0 Å². The first-order valence-electron chi connectivity index (χ1n) is 7.82. The number of likely N-dealkylation sites (tertiary alicyclic amines) is 1. The number of carbonyl (C=O) groups is 4. The minimum absolute atomic E-state index is 0.0398. The number of carboxylic acids is 2. The number of carboxylic acid groups (broad SMARTS) is 2. The van der Waals surface area contributed by atoms with Crippen molar-refractivity contribution < 1.29 is 29.4 Å². The average Bonchev–Trinajstić information content (AvgIpc) is 2.44. The first-order valence-corrected chi connectivity index (χ1v) is 7.82. The molecule has 1 heterocycles. The smallest absolute Gasteiger partial charge is 0.317 e. The van der Waals surface area contributed by atoms with E-state index in [2.05, 4.69) is 0 Å². The number of piperidine rings is 1. The second-order valence-electron chi connectivity index (χ2n) is 6.27. The number of nitrogens with zero attached hydrogens (tertiary/aromatic N) is 2. The van der Waals surface area contributed by atoms with Crippen LogP contribution in [0.15, 0.2) is 0 Å². The molecule has 8 heteroatoms. The van der Waals surface area contributed by atoms with Crippen LogP contribution in [-0.2, 0) is 19.2 Å². The van der Waals surface area contributed by atoms with Crippen molar-refractivity contribution in [1.82, 2.24) is 9.80 Å². The first kappa shape index (κ1) is 17.6. The van der Waals surface area contributed by atoms with E-state index in [4.69, 9.17) is 10.2 Å². The Morgan fingerprint density at radius 1 is 1.00 bits per heavy atom. The van der Waals surface area contributed by atoms with Crippen molar-refractivity contribution >= 4 is 23.5 Å². The Morgan fingerprint density at radius 3 is 2.04 bits per heavy atom. The van der Waals surface area contributed by atoms with E-state index in [9.17, 15) is 19.2 Å². The Morgan fingerprint density at radius 2 is 1.52 bits per heavy atom. The van der Waals surface area contributed by atoms with E-state index < -0.39 is 11.9 Å². The zero-order valence-corrected chi connectivity index (χ0v) is 12.9. The van der Waals surface area contributed by atoms with Crippen molar-refractivity contribution in [3.63, 3.8) is 0 Å². The summed E-state index contributed by atoms with van der Waals surface area (Å²) in [6.07, 6.45) is 3.17. The molecule has 128 valence electrons. The maximum Gasteiger partial charge on any atom is 0.317 e. The molecule has 2 atom stereocenters. The Balaban J connectivity index is 2.17. The molecule has 8 nitrogen and oxygen atoms in total. The lowest BCUT2D eigenvalue weighted by Crippen LogP contribution is -2.58. The van der Waals surface area contributed by atoms with E-state index in [0.717, 1.165) is 19.3 Å². The predicted molar refractivity (Wildman–Crippen MR) is 79.1 cm³/mol. The Kier molecular flexibility index (Phi) is 5.84.